The highest BCUT2D eigenvalue weighted by molar-refractivity contribution is 6.02. The summed E-state index contributed by atoms with van der Waals surface area (Å²) in [6, 6.07) is 0.214. The summed E-state index contributed by atoms with van der Waals surface area (Å²) >= 11 is 0. The molecule has 2 aromatic rings. The van der Waals surface area contributed by atoms with Crippen LogP contribution in [0.4, 0.5) is 32.0 Å². The first-order valence-electron chi connectivity index (χ1n) is 9.28. The smallest absolute Gasteiger partial charge is 0.425 e. The Hall–Kier alpha value is -4.02. The van der Waals surface area contributed by atoms with Crippen molar-refractivity contribution in [2.75, 3.05) is 18.7 Å². The summed E-state index contributed by atoms with van der Waals surface area (Å²) < 4.78 is 89.6. The van der Waals surface area contributed by atoms with Gasteiger partial charge in [0.05, 0.1) is 12.4 Å². The minimum atomic E-state index is -5.08. The Morgan fingerprint density at radius 2 is 2.00 bits per heavy atom. The summed E-state index contributed by atoms with van der Waals surface area (Å²) in [4.78, 5) is 22.8. The van der Waals surface area contributed by atoms with Gasteiger partial charge in [-0.3, -0.25) is 4.79 Å². The van der Waals surface area contributed by atoms with Crippen LogP contribution in [0, 0.1) is 23.5 Å². The van der Waals surface area contributed by atoms with E-state index in [1.807, 2.05) is 0 Å². The summed E-state index contributed by atoms with van der Waals surface area (Å²) in [6.45, 7) is 0.213. The SMILES string of the molecule is CC#CCOc1cnc(C(=O)Nc2cc(F)c(F)c(C[C@H](O/C(N)=N\CF)C(F)(F)F)c2)cn1. The lowest BCUT2D eigenvalue weighted by Crippen LogP contribution is -2.38. The maximum atomic E-state index is 14.2. The van der Waals surface area contributed by atoms with Gasteiger partial charge in [-0.2, -0.15) is 13.2 Å². The number of amides is 1. The Kier molecular flexibility index (Phi) is 9.05. The number of anilines is 1. The van der Waals surface area contributed by atoms with Gasteiger partial charge >= 0.3 is 6.18 Å². The standard InChI is InChI=1S/C20H17F6N5O3/c1-2-3-4-33-16-9-28-14(8-29-16)18(32)31-12-5-11(17(23)13(22)7-12)6-15(20(24,25)26)34-19(27)30-10-21/h5,7-9,15H,4,6,10H2,1H3,(H2,27,30)(H,31,32)/t15-/m0/s1. The number of carbonyl (C=O) groups is 1. The highest BCUT2D eigenvalue weighted by Gasteiger charge is 2.43. The average Bonchev–Trinajstić information content (AvgIpc) is 2.76. The molecule has 182 valence electrons. The topological polar surface area (TPSA) is 112 Å². The van der Waals surface area contributed by atoms with E-state index in [0.29, 0.717) is 6.07 Å². The molecule has 14 heteroatoms. The highest BCUT2D eigenvalue weighted by atomic mass is 19.4. The summed E-state index contributed by atoms with van der Waals surface area (Å²) in [5, 5.41) is 2.18. The molecule has 2 rings (SSSR count). The maximum absolute atomic E-state index is 14.2. The quantitative estimate of drug-likeness (QED) is 0.194. The number of aliphatic imine (C=N–C) groups is 1. The molecule has 0 fully saturated rings. The van der Waals surface area contributed by atoms with Crippen molar-refractivity contribution in [1.29, 1.82) is 0 Å². The molecular formula is C20H17F6N5O3. The molecule has 1 amide bonds. The largest absolute Gasteiger partial charge is 0.463 e. The minimum Gasteiger partial charge on any atom is -0.463 e. The molecule has 1 atom stereocenters. The number of aromatic nitrogens is 2. The molecule has 0 saturated carbocycles. The number of nitrogens with zero attached hydrogens (tertiary/aromatic N) is 3. The number of rotatable bonds is 8. The van der Waals surface area contributed by atoms with Gasteiger partial charge in [-0.25, -0.2) is 28.1 Å². The van der Waals surface area contributed by atoms with Gasteiger partial charge in [0.1, 0.15) is 5.69 Å². The Bertz CT molecular complexity index is 1100. The third kappa shape index (κ3) is 7.54. The number of hydrogen-bond donors (Lipinski definition) is 2. The molecule has 0 aliphatic carbocycles. The Labute approximate surface area is 189 Å². The number of alkyl halides is 4. The van der Waals surface area contributed by atoms with E-state index in [1.54, 1.807) is 6.92 Å². The number of nitrogens with two attached hydrogens (primary N) is 1. The van der Waals surface area contributed by atoms with Gasteiger partial charge in [0.15, 0.2) is 25.0 Å². The van der Waals surface area contributed by atoms with Gasteiger partial charge in [-0.1, -0.05) is 5.92 Å². The van der Waals surface area contributed by atoms with Crippen LogP contribution in [-0.2, 0) is 11.2 Å². The second kappa shape index (κ2) is 11.7. The van der Waals surface area contributed by atoms with E-state index in [4.69, 9.17) is 10.5 Å². The van der Waals surface area contributed by atoms with Gasteiger partial charge < -0.3 is 20.5 Å². The average molecular weight is 489 g/mol. The monoisotopic (exact) mass is 489 g/mol. The molecule has 1 heterocycles. The number of ether oxygens (including phenoxy) is 2. The number of carbonyl (C=O) groups excluding carboxylic acids is 1. The molecule has 0 spiro atoms. The van der Waals surface area contributed by atoms with Crippen molar-refractivity contribution >= 4 is 17.6 Å². The summed E-state index contributed by atoms with van der Waals surface area (Å²) in [5.74, 6) is 1.25. The first-order valence-corrected chi connectivity index (χ1v) is 9.28. The van der Waals surface area contributed by atoms with Crippen LogP contribution in [0.25, 0.3) is 0 Å². The van der Waals surface area contributed by atoms with Gasteiger partial charge in [0.2, 0.25) is 12.0 Å². The molecule has 0 saturated heterocycles. The minimum absolute atomic E-state index is 0.0439. The molecule has 1 aromatic heterocycles. The van der Waals surface area contributed by atoms with Crippen LogP contribution in [0.15, 0.2) is 29.5 Å². The molecular weight excluding hydrogens is 472 g/mol. The fourth-order valence-electron chi connectivity index (χ4n) is 2.42. The van der Waals surface area contributed by atoms with Gasteiger partial charge in [0.25, 0.3) is 11.9 Å². The van der Waals surface area contributed by atoms with Crippen LogP contribution in [0.2, 0.25) is 0 Å². The fraction of sp³-hybridized carbons (Fsp3) is 0.300. The Morgan fingerprint density at radius 1 is 1.26 bits per heavy atom. The number of hydrogen-bond acceptors (Lipinski definition) is 6. The van der Waals surface area contributed by atoms with Crippen molar-refractivity contribution in [1.82, 2.24) is 9.97 Å². The van der Waals surface area contributed by atoms with Crippen molar-refractivity contribution < 1.29 is 40.6 Å². The van der Waals surface area contributed by atoms with Crippen molar-refractivity contribution in [2.24, 2.45) is 10.7 Å². The number of benzene rings is 1. The zero-order valence-corrected chi connectivity index (χ0v) is 17.4. The zero-order chi connectivity index (χ0) is 25.3. The molecule has 0 unspecified atom stereocenters. The predicted octanol–water partition coefficient (Wildman–Crippen LogP) is 3.14. The van der Waals surface area contributed by atoms with Gasteiger partial charge in [0, 0.05) is 18.2 Å². The summed E-state index contributed by atoms with van der Waals surface area (Å²) in [7, 11) is 0. The van der Waals surface area contributed by atoms with E-state index in [2.05, 4.69) is 36.9 Å². The van der Waals surface area contributed by atoms with Crippen LogP contribution in [0.5, 0.6) is 5.88 Å². The lowest BCUT2D eigenvalue weighted by atomic mass is 10.1. The molecule has 0 aliphatic heterocycles. The number of nitrogens with one attached hydrogen (secondary N) is 1. The second-order valence-electron chi connectivity index (χ2n) is 6.31. The fourth-order valence-corrected chi connectivity index (χ4v) is 2.42. The number of amidine groups is 1. The second-order valence-corrected chi connectivity index (χ2v) is 6.31. The number of halogens is 6. The third-order valence-electron chi connectivity index (χ3n) is 3.94. The lowest BCUT2D eigenvalue weighted by Gasteiger charge is -2.21. The highest BCUT2D eigenvalue weighted by Crippen LogP contribution is 2.29. The Morgan fingerprint density at radius 3 is 2.59 bits per heavy atom. The predicted molar refractivity (Wildman–Crippen MR) is 108 cm³/mol. The molecule has 0 aliphatic rings. The third-order valence-corrected chi connectivity index (χ3v) is 3.94. The van der Waals surface area contributed by atoms with Crippen molar-refractivity contribution in [3.05, 3.63) is 47.4 Å². The first kappa shape index (κ1) is 26.2. The van der Waals surface area contributed by atoms with Crippen molar-refractivity contribution in [2.45, 2.75) is 25.6 Å². The van der Waals surface area contributed by atoms with Gasteiger partial charge in [-0.05, 0) is 18.6 Å². The van der Waals surface area contributed by atoms with E-state index >= 15 is 0 Å². The van der Waals surface area contributed by atoms with Crippen LogP contribution < -0.4 is 15.8 Å². The van der Waals surface area contributed by atoms with E-state index in [1.165, 1.54) is 0 Å². The molecule has 8 nitrogen and oxygen atoms in total. The van der Waals surface area contributed by atoms with E-state index in [0.717, 1.165) is 18.5 Å². The normalized spacial score (nSPS) is 12.4. The van der Waals surface area contributed by atoms with Gasteiger partial charge in [-0.15, -0.1) is 5.92 Å². The van der Waals surface area contributed by atoms with Crippen LogP contribution in [0.3, 0.4) is 0 Å². The summed E-state index contributed by atoms with van der Waals surface area (Å²) in [6.07, 6.45) is -6.94. The van der Waals surface area contributed by atoms with E-state index < -0.39 is 54.6 Å². The molecule has 0 bridgehead atoms. The van der Waals surface area contributed by atoms with Crippen molar-refractivity contribution in [3.8, 4) is 17.7 Å². The van der Waals surface area contributed by atoms with Crippen LogP contribution in [-0.4, -0.2) is 47.6 Å². The first-order chi connectivity index (χ1) is 16.0. The lowest BCUT2D eigenvalue weighted by molar-refractivity contribution is -0.198. The molecule has 34 heavy (non-hydrogen) atoms. The van der Waals surface area contributed by atoms with E-state index in [9.17, 15) is 31.1 Å². The zero-order valence-electron chi connectivity index (χ0n) is 17.4. The van der Waals surface area contributed by atoms with Crippen LogP contribution >= 0.6 is 0 Å². The van der Waals surface area contributed by atoms with Crippen LogP contribution in [0.1, 0.15) is 23.0 Å². The summed E-state index contributed by atoms with van der Waals surface area (Å²) in [5.41, 5.74) is 3.64. The molecule has 3 N–H and O–H groups in total. The Balaban J connectivity index is 2.21. The molecule has 0 radical (unpaired) electrons. The van der Waals surface area contributed by atoms with E-state index in [-0.39, 0.29) is 23.9 Å². The maximum Gasteiger partial charge on any atom is 0.425 e. The molecule has 1 aromatic carbocycles. The van der Waals surface area contributed by atoms with Crippen molar-refractivity contribution in [3.63, 3.8) is 0 Å².